The van der Waals surface area contributed by atoms with E-state index in [0.29, 0.717) is 0 Å². The lowest BCUT2D eigenvalue weighted by atomic mass is 9.70. The summed E-state index contributed by atoms with van der Waals surface area (Å²) >= 11 is 0. The van der Waals surface area contributed by atoms with Gasteiger partial charge in [0, 0.05) is 11.1 Å². The number of aliphatic hydroxyl groups is 3. The average molecular weight is 288 g/mol. The fraction of sp³-hybridized carbons (Fsp3) is 0.200. The summed E-state index contributed by atoms with van der Waals surface area (Å²) < 4.78 is 0. The number of phenolic OH excluding ortho intramolecular Hbond substituents is 1. The molecule has 0 aliphatic heterocycles. The van der Waals surface area contributed by atoms with E-state index >= 15 is 0 Å². The van der Waals surface area contributed by atoms with Crippen molar-refractivity contribution in [2.75, 3.05) is 6.61 Å². The fourth-order valence-electron chi connectivity index (χ4n) is 2.86. The van der Waals surface area contributed by atoms with Crippen molar-refractivity contribution in [3.05, 3.63) is 52.5 Å². The first-order valence-electron chi connectivity index (χ1n) is 6.31. The van der Waals surface area contributed by atoms with Crippen molar-refractivity contribution in [1.29, 1.82) is 0 Å². The number of hydrogen-bond acceptors (Lipinski definition) is 6. The lowest BCUT2D eigenvalue weighted by Gasteiger charge is -2.32. The monoisotopic (exact) mass is 288 g/mol. The van der Waals surface area contributed by atoms with E-state index < -0.39 is 41.5 Å². The van der Waals surface area contributed by atoms with Gasteiger partial charge in [0.15, 0.2) is 17.3 Å². The van der Waals surface area contributed by atoms with Gasteiger partial charge in [-0.1, -0.05) is 18.2 Å². The molecular weight excluding hydrogens is 276 g/mol. The normalized spacial score (nSPS) is 24.5. The summed E-state index contributed by atoms with van der Waals surface area (Å²) in [5.41, 5.74) is -0.0774. The zero-order valence-corrected chi connectivity index (χ0v) is 10.8. The molecule has 1 aromatic rings. The molecule has 2 atom stereocenters. The molecule has 0 bridgehead atoms. The Kier molecular flexibility index (Phi) is 2.84. The van der Waals surface area contributed by atoms with Crippen molar-refractivity contribution >= 4 is 11.6 Å². The highest BCUT2D eigenvalue weighted by molar-refractivity contribution is 6.19. The van der Waals surface area contributed by atoms with Crippen LogP contribution in [-0.2, 0) is 0 Å². The van der Waals surface area contributed by atoms with Gasteiger partial charge in [-0.15, -0.1) is 0 Å². The van der Waals surface area contributed by atoms with E-state index in [1.807, 2.05) is 0 Å². The van der Waals surface area contributed by atoms with Gasteiger partial charge in [-0.25, -0.2) is 0 Å². The number of allylic oxidation sites excluding steroid dienone is 2. The molecule has 108 valence electrons. The summed E-state index contributed by atoms with van der Waals surface area (Å²) in [6.45, 7) is -0.562. The lowest BCUT2D eigenvalue weighted by molar-refractivity contribution is 0.0740. The molecule has 2 aliphatic rings. The Morgan fingerprint density at radius 2 is 1.76 bits per heavy atom. The quantitative estimate of drug-likeness (QED) is 0.618. The predicted octanol–water partition coefficient (Wildman–Crippen LogP) is 1.26. The number of aromatic hydroxyl groups is 1. The number of benzene rings is 1. The van der Waals surface area contributed by atoms with Gasteiger partial charge in [0.05, 0.1) is 24.0 Å². The van der Waals surface area contributed by atoms with Crippen molar-refractivity contribution in [1.82, 2.24) is 0 Å². The molecule has 3 rings (SSSR count). The van der Waals surface area contributed by atoms with Crippen molar-refractivity contribution < 1.29 is 30.0 Å². The number of aliphatic hydroxyl groups excluding tert-OH is 3. The highest BCUT2D eigenvalue weighted by atomic mass is 16.3. The zero-order chi connectivity index (χ0) is 15.3. The summed E-state index contributed by atoms with van der Waals surface area (Å²) in [5.74, 6) is -4.94. The Labute approximate surface area is 119 Å². The molecule has 0 radical (unpaired) electrons. The number of hydrogen-bond donors (Lipinski definition) is 4. The molecule has 0 fully saturated rings. The summed E-state index contributed by atoms with van der Waals surface area (Å²) in [5, 5.41) is 38.7. The lowest BCUT2D eigenvalue weighted by Crippen LogP contribution is -2.39. The van der Waals surface area contributed by atoms with Crippen molar-refractivity contribution in [2.45, 2.75) is 0 Å². The molecule has 4 N–H and O–H groups in total. The van der Waals surface area contributed by atoms with E-state index in [-0.39, 0.29) is 22.4 Å². The minimum Gasteiger partial charge on any atom is -0.508 e. The Morgan fingerprint density at radius 1 is 1.05 bits per heavy atom. The van der Waals surface area contributed by atoms with Crippen LogP contribution in [0.25, 0.3) is 0 Å². The second-order valence-corrected chi connectivity index (χ2v) is 5.02. The number of carbonyl (C=O) groups excluding carboxylic acids is 2. The van der Waals surface area contributed by atoms with E-state index in [2.05, 4.69) is 0 Å². The molecule has 21 heavy (non-hydrogen) atoms. The molecule has 2 unspecified atom stereocenters. The number of fused-ring (bicyclic) bond motifs is 2. The molecule has 0 heterocycles. The van der Waals surface area contributed by atoms with Gasteiger partial charge < -0.3 is 20.4 Å². The standard InChI is InChI=1S/C15H12O6/c16-5-6-4-8-11(15(21)12(6)18)14(20)10-7(13(8)19)2-1-3-9(10)17/h1-4,8,11,16-18,21H,5H2. The van der Waals surface area contributed by atoms with E-state index in [1.54, 1.807) is 0 Å². The second kappa shape index (κ2) is 4.46. The largest absolute Gasteiger partial charge is 0.508 e. The van der Waals surface area contributed by atoms with Crippen LogP contribution >= 0.6 is 0 Å². The van der Waals surface area contributed by atoms with Gasteiger partial charge in [0.2, 0.25) is 0 Å². The number of rotatable bonds is 1. The Balaban J connectivity index is 2.24. The first-order valence-corrected chi connectivity index (χ1v) is 6.31. The van der Waals surface area contributed by atoms with Crippen LogP contribution in [0, 0.1) is 11.8 Å². The molecule has 0 amide bonds. The van der Waals surface area contributed by atoms with Crippen LogP contribution < -0.4 is 0 Å². The molecule has 6 heteroatoms. The maximum absolute atomic E-state index is 12.5. The molecular formula is C15H12O6. The Morgan fingerprint density at radius 3 is 2.43 bits per heavy atom. The van der Waals surface area contributed by atoms with E-state index in [0.717, 1.165) is 0 Å². The highest BCUT2D eigenvalue weighted by Gasteiger charge is 2.47. The predicted molar refractivity (Wildman–Crippen MR) is 71.2 cm³/mol. The molecule has 0 spiro atoms. The SMILES string of the molecule is O=C1c2cccc(O)c2C(=O)C2C(O)=C(O)C(CO)=CC12. The summed E-state index contributed by atoms with van der Waals surface area (Å²) in [4.78, 5) is 24.9. The Hall–Kier alpha value is -2.60. The van der Waals surface area contributed by atoms with Crippen molar-refractivity contribution in [3.8, 4) is 5.75 Å². The van der Waals surface area contributed by atoms with Gasteiger partial charge in [0.1, 0.15) is 11.5 Å². The van der Waals surface area contributed by atoms with Crippen LogP contribution in [0.15, 0.2) is 41.4 Å². The van der Waals surface area contributed by atoms with Gasteiger partial charge in [-0.3, -0.25) is 9.59 Å². The van der Waals surface area contributed by atoms with E-state index in [1.165, 1.54) is 24.3 Å². The summed E-state index contributed by atoms with van der Waals surface area (Å²) in [7, 11) is 0. The third kappa shape index (κ3) is 1.69. The van der Waals surface area contributed by atoms with Gasteiger partial charge in [-0.05, 0) is 6.07 Å². The third-order valence-electron chi connectivity index (χ3n) is 3.89. The third-order valence-corrected chi connectivity index (χ3v) is 3.89. The second-order valence-electron chi connectivity index (χ2n) is 5.02. The minimum absolute atomic E-state index is 0.00139. The van der Waals surface area contributed by atoms with Gasteiger partial charge in [-0.2, -0.15) is 0 Å². The van der Waals surface area contributed by atoms with Crippen molar-refractivity contribution in [2.24, 2.45) is 11.8 Å². The van der Waals surface area contributed by atoms with Gasteiger partial charge >= 0.3 is 0 Å². The summed E-state index contributed by atoms with van der Waals surface area (Å²) in [6, 6.07) is 4.16. The van der Waals surface area contributed by atoms with Gasteiger partial charge in [0.25, 0.3) is 0 Å². The van der Waals surface area contributed by atoms with Crippen LogP contribution in [0.3, 0.4) is 0 Å². The zero-order valence-electron chi connectivity index (χ0n) is 10.8. The topological polar surface area (TPSA) is 115 Å². The van der Waals surface area contributed by atoms with Crippen molar-refractivity contribution in [3.63, 3.8) is 0 Å². The van der Waals surface area contributed by atoms with Crippen LogP contribution in [0.5, 0.6) is 5.75 Å². The molecule has 2 aliphatic carbocycles. The average Bonchev–Trinajstić information content (AvgIpc) is 2.47. The maximum Gasteiger partial charge on any atom is 0.179 e. The highest BCUT2D eigenvalue weighted by Crippen LogP contribution is 2.42. The molecule has 6 nitrogen and oxygen atoms in total. The molecule has 1 aromatic carbocycles. The van der Waals surface area contributed by atoms with Crippen LogP contribution in [-0.4, -0.2) is 38.6 Å². The summed E-state index contributed by atoms with van der Waals surface area (Å²) in [6.07, 6.45) is 1.28. The van der Waals surface area contributed by atoms with E-state index in [4.69, 9.17) is 5.11 Å². The first-order chi connectivity index (χ1) is 9.97. The number of ketones is 2. The van der Waals surface area contributed by atoms with E-state index in [9.17, 15) is 24.9 Å². The first kappa shape index (κ1) is 13.4. The number of phenols is 1. The number of Topliss-reactive ketones (excluding diaryl/α,β-unsaturated/α-hetero) is 2. The van der Waals surface area contributed by atoms with Crippen LogP contribution in [0.2, 0.25) is 0 Å². The smallest absolute Gasteiger partial charge is 0.179 e. The van der Waals surface area contributed by atoms with Crippen LogP contribution in [0.4, 0.5) is 0 Å². The minimum atomic E-state index is -1.27. The molecule has 0 saturated heterocycles. The number of carbonyl (C=O) groups is 2. The molecule has 0 saturated carbocycles. The van der Waals surface area contributed by atoms with Crippen LogP contribution in [0.1, 0.15) is 20.7 Å². The fourth-order valence-corrected chi connectivity index (χ4v) is 2.86. The maximum atomic E-state index is 12.5. The Bertz CT molecular complexity index is 728. The molecule has 0 aromatic heterocycles.